The second-order valence-electron chi connectivity index (χ2n) is 2.82. The van der Waals surface area contributed by atoms with E-state index in [9.17, 15) is 0 Å². The molecule has 0 amide bonds. The van der Waals surface area contributed by atoms with Gasteiger partial charge < -0.3 is 4.74 Å². The lowest BCUT2D eigenvalue weighted by molar-refractivity contribution is 0.365. The summed E-state index contributed by atoms with van der Waals surface area (Å²) in [4.78, 5) is 5.80. The number of allylic oxidation sites excluding steroid dienone is 1. The molecule has 0 radical (unpaired) electrons. The Balaban J connectivity index is 2.47. The van der Waals surface area contributed by atoms with Gasteiger partial charge in [0.2, 0.25) is 0 Å². The van der Waals surface area contributed by atoms with Crippen molar-refractivity contribution in [3.63, 3.8) is 0 Å². The minimum absolute atomic E-state index is 0.945. The molecule has 0 aromatic carbocycles. The van der Waals surface area contributed by atoms with Crippen LogP contribution in [-0.2, 0) is 11.2 Å². The molecule has 0 bridgehead atoms. The van der Waals surface area contributed by atoms with Crippen LogP contribution in [0.4, 0.5) is 0 Å². The fourth-order valence-electron chi connectivity index (χ4n) is 1.44. The number of hydrogen-bond donors (Lipinski definition) is 0. The molecule has 0 aliphatic heterocycles. The highest BCUT2D eigenvalue weighted by Gasteiger charge is 2.16. The number of hydrogen-bond acceptors (Lipinski definition) is 3. The first-order chi connectivity index (χ1) is 5.81. The molecule has 1 heterocycles. The van der Waals surface area contributed by atoms with Gasteiger partial charge in [0.25, 0.3) is 0 Å². The van der Waals surface area contributed by atoms with Crippen molar-refractivity contribution >= 4 is 17.1 Å². The van der Waals surface area contributed by atoms with Crippen LogP contribution in [0.5, 0.6) is 0 Å². The smallest absolute Gasteiger partial charge is 0.141 e. The maximum absolute atomic E-state index is 5.24. The Kier molecular flexibility index (Phi) is 1.89. The summed E-state index contributed by atoms with van der Waals surface area (Å²) in [5.74, 6) is 0.945. The van der Waals surface area contributed by atoms with Crippen LogP contribution in [0.2, 0.25) is 0 Å². The molecule has 0 N–H and O–H groups in total. The van der Waals surface area contributed by atoms with Gasteiger partial charge in [-0.3, -0.25) is 0 Å². The first-order valence-electron chi connectivity index (χ1n) is 4.02. The highest BCUT2D eigenvalue weighted by Crippen LogP contribution is 2.30. The van der Waals surface area contributed by atoms with Gasteiger partial charge in [-0.2, -0.15) is 0 Å². The fourth-order valence-corrected chi connectivity index (χ4v) is 2.40. The van der Waals surface area contributed by atoms with Gasteiger partial charge in [-0.25, -0.2) is 4.98 Å². The second-order valence-corrected chi connectivity index (χ2v) is 4.10. The van der Waals surface area contributed by atoms with E-state index < -0.39 is 0 Å². The summed E-state index contributed by atoms with van der Waals surface area (Å²) >= 11 is 1.78. The Morgan fingerprint density at radius 1 is 1.58 bits per heavy atom. The summed E-state index contributed by atoms with van der Waals surface area (Å²) < 4.78 is 5.24. The zero-order valence-corrected chi connectivity index (χ0v) is 8.07. The number of aromatic nitrogens is 1. The molecule has 1 aliphatic carbocycles. The lowest BCUT2D eigenvalue weighted by Gasteiger charge is -2.09. The van der Waals surface area contributed by atoms with Crippen molar-refractivity contribution in [2.75, 3.05) is 7.11 Å². The standard InChI is InChI=1S/C9H11NOS/c1-6-10-9-7(11-2)4-3-5-8(9)12-6/h4H,3,5H2,1-2H3. The molecule has 2 rings (SSSR count). The van der Waals surface area contributed by atoms with Gasteiger partial charge in [0.05, 0.1) is 12.1 Å². The average Bonchev–Trinajstić information content (AvgIpc) is 2.44. The van der Waals surface area contributed by atoms with E-state index >= 15 is 0 Å². The Hall–Kier alpha value is -0.830. The van der Waals surface area contributed by atoms with Crippen molar-refractivity contribution in [2.45, 2.75) is 19.8 Å². The SMILES string of the molecule is COC1=CCCc2sc(C)nc21. The number of fused-ring (bicyclic) bond motifs is 1. The largest absolute Gasteiger partial charge is 0.495 e. The Labute approximate surface area is 75.9 Å². The second kappa shape index (κ2) is 2.90. The van der Waals surface area contributed by atoms with Crippen LogP contribution in [0, 0.1) is 6.92 Å². The van der Waals surface area contributed by atoms with Crippen LogP contribution in [0.25, 0.3) is 5.76 Å². The molecule has 0 unspecified atom stereocenters. The third-order valence-corrected chi connectivity index (χ3v) is 2.99. The van der Waals surface area contributed by atoms with Crippen LogP contribution in [0.1, 0.15) is 22.0 Å². The minimum atomic E-state index is 0.945. The number of nitrogens with zero attached hydrogens (tertiary/aromatic N) is 1. The van der Waals surface area contributed by atoms with Gasteiger partial charge in [-0.05, 0) is 25.8 Å². The van der Waals surface area contributed by atoms with Crippen LogP contribution < -0.4 is 0 Å². The molecule has 0 saturated carbocycles. The van der Waals surface area contributed by atoms with Gasteiger partial charge in [0, 0.05) is 4.88 Å². The lowest BCUT2D eigenvalue weighted by Crippen LogP contribution is -1.98. The molecule has 1 aromatic heterocycles. The fraction of sp³-hybridized carbons (Fsp3) is 0.444. The summed E-state index contributed by atoms with van der Waals surface area (Å²) in [7, 11) is 1.70. The summed E-state index contributed by atoms with van der Waals surface area (Å²) in [5.41, 5.74) is 1.06. The highest BCUT2D eigenvalue weighted by atomic mass is 32.1. The van der Waals surface area contributed by atoms with Crippen molar-refractivity contribution in [1.29, 1.82) is 0 Å². The maximum Gasteiger partial charge on any atom is 0.141 e. The summed E-state index contributed by atoms with van der Waals surface area (Å²) in [6.07, 6.45) is 4.31. The molecule has 0 atom stereocenters. The topological polar surface area (TPSA) is 22.1 Å². The van der Waals surface area contributed by atoms with E-state index in [4.69, 9.17) is 4.74 Å². The van der Waals surface area contributed by atoms with Gasteiger partial charge in [0.15, 0.2) is 0 Å². The van der Waals surface area contributed by atoms with E-state index in [-0.39, 0.29) is 0 Å². The Morgan fingerprint density at radius 2 is 2.42 bits per heavy atom. The Bertz CT molecular complexity index is 327. The van der Waals surface area contributed by atoms with Crippen LogP contribution in [0.3, 0.4) is 0 Å². The first-order valence-corrected chi connectivity index (χ1v) is 4.83. The highest BCUT2D eigenvalue weighted by molar-refractivity contribution is 7.11. The van der Waals surface area contributed by atoms with E-state index in [1.54, 1.807) is 18.4 Å². The summed E-state index contributed by atoms with van der Waals surface area (Å²) in [6.45, 7) is 2.04. The van der Waals surface area contributed by atoms with Gasteiger partial charge >= 0.3 is 0 Å². The molecule has 0 fully saturated rings. The molecule has 3 heteroatoms. The number of aryl methyl sites for hydroxylation is 2. The van der Waals surface area contributed by atoms with Crippen LogP contribution in [0.15, 0.2) is 6.08 Å². The predicted molar refractivity (Wildman–Crippen MR) is 50.2 cm³/mol. The van der Waals surface area contributed by atoms with E-state index in [1.807, 2.05) is 6.92 Å². The van der Waals surface area contributed by atoms with Crippen molar-refractivity contribution < 1.29 is 4.74 Å². The van der Waals surface area contributed by atoms with Gasteiger partial charge in [-0.15, -0.1) is 11.3 Å². The molecule has 1 aliphatic rings. The minimum Gasteiger partial charge on any atom is -0.495 e. The van der Waals surface area contributed by atoms with Crippen molar-refractivity contribution in [3.05, 3.63) is 21.7 Å². The summed E-state index contributed by atoms with van der Waals surface area (Å²) in [5, 5.41) is 1.13. The predicted octanol–water partition coefficient (Wildman–Crippen LogP) is 2.39. The number of rotatable bonds is 1. The van der Waals surface area contributed by atoms with E-state index in [1.165, 1.54) is 4.88 Å². The third-order valence-electron chi connectivity index (χ3n) is 1.96. The monoisotopic (exact) mass is 181 g/mol. The number of methoxy groups -OCH3 is 1. The first kappa shape index (κ1) is 7.80. The van der Waals surface area contributed by atoms with Gasteiger partial charge in [0.1, 0.15) is 11.5 Å². The molecule has 2 nitrogen and oxygen atoms in total. The quantitative estimate of drug-likeness (QED) is 0.663. The zero-order chi connectivity index (χ0) is 8.55. The lowest BCUT2D eigenvalue weighted by atomic mass is 10.1. The van der Waals surface area contributed by atoms with Crippen LogP contribution in [-0.4, -0.2) is 12.1 Å². The third kappa shape index (κ3) is 1.14. The maximum atomic E-state index is 5.24. The molecule has 0 saturated heterocycles. The molecular formula is C9H11NOS. The number of thiazole rings is 1. The Morgan fingerprint density at radius 3 is 3.17 bits per heavy atom. The van der Waals surface area contributed by atoms with E-state index in [0.717, 1.165) is 29.3 Å². The zero-order valence-electron chi connectivity index (χ0n) is 7.26. The van der Waals surface area contributed by atoms with Crippen molar-refractivity contribution in [1.82, 2.24) is 4.98 Å². The molecule has 1 aromatic rings. The van der Waals surface area contributed by atoms with Crippen molar-refractivity contribution in [3.8, 4) is 0 Å². The normalized spacial score (nSPS) is 15.3. The number of ether oxygens (including phenoxy) is 1. The van der Waals surface area contributed by atoms with Gasteiger partial charge in [-0.1, -0.05) is 0 Å². The summed E-state index contributed by atoms with van der Waals surface area (Å²) in [6, 6.07) is 0. The van der Waals surface area contributed by atoms with Crippen molar-refractivity contribution in [2.24, 2.45) is 0 Å². The average molecular weight is 181 g/mol. The molecular weight excluding hydrogens is 170 g/mol. The molecule has 0 spiro atoms. The molecule has 64 valence electrons. The van der Waals surface area contributed by atoms with E-state index in [0.29, 0.717) is 0 Å². The molecule has 12 heavy (non-hydrogen) atoms. The van der Waals surface area contributed by atoms with E-state index in [2.05, 4.69) is 11.1 Å². The van der Waals surface area contributed by atoms with Crippen LogP contribution >= 0.6 is 11.3 Å².